The Morgan fingerprint density at radius 1 is 1.00 bits per heavy atom. The van der Waals surface area contributed by atoms with Gasteiger partial charge in [-0.15, -0.1) is 0 Å². The molecular weight excluding hydrogens is 450 g/mol. The molecule has 0 aliphatic carbocycles. The van der Waals surface area contributed by atoms with Crippen molar-refractivity contribution < 1.29 is 18.0 Å². The molecule has 1 aliphatic rings. The Morgan fingerprint density at radius 2 is 1.73 bits per heavy atom. The zero-order valence-electron chi connectivity index (χ0n) is 17.3. The number of hydrogen-bond acceptors (Lipinski definition) is 6. The van der Waals surface area contributed by atoms with E-state index in [0.717, 1.165) is 4.31 Å². The highest BCUT2D eigenvalue weighted by Gasteiger charge is 2.39. The smallest absolute Gasteiger partial charge is 0.272 e. The molecule has 1 unspecified atom stereocenters. The zero-order chi connectivity index (χ0) is 23.6. The highest BCUT2D eigenvalue weighted by molar-refractivity contribution is 7.89. The number of hydrogen-bond donors (Lipinski definition) is 4. The van der Waals surface area contributed by atoms with Crippen molar-refractivity contribution in [3.8, 4) is 0 Å². The molecule has 172 valence electrons. The fraction of sp³-hybridized carbons (Fsp3) is 0.238. The Kier molecular flexibility index (Phi) is 6.11. The summed E-state index contributed by atoms with van der Waals surface area (Å²) in [5.74, 6) is -1.22. The standard InChI is InChI=1S/C21H21N5O6S/c27-17(23-15-9-4-8-14-18(15)21(30)25-24-19(14)28)12-22-20(29)16-10-5-11-26(16)33(31,32)13-6-2-1-3-7-13/h1-4,6-9,16H,5,10-12H2,(H,22,29)(H,23,27)(H,24,28)(H,25,30). The van der Waals surface area contributed by atoms with E-state index in [-0.39, 0.29) is 27.9 Å². The predicted octanol–water partition coefficient (Wildman–Crippen LogP) is 0.124. The average Bonchev–Trinajstić information content (AvgIpc) is 3.32. The average molecular weight is 471 g/mol. The highest BCUT2D eigenvalue weighted by atomic mass is 32.2. The second kappa shape index (κ2) is 9.00. The van der Waals surface area contributed by atoms with Gasteiger partial charge < -0.3 is 10.6 Å². The third-order valence-corrected chi connectivity index (χ3v) is 7.30. The number of nitrogens with one attached hydrogen (secondary N) is 4. The first-order valence-corrected chi connectivity index (χ1v) is 11.6. The van der Waals surface area contributed by atoms with E-state index in [1.54, 1.807) is 18.2 Å². The fourth-order valence-electron chi connectivity index (χ4n) is 3.83. The predicted molar refractivity (Wildman–Crippen MR) is 120 cm³/mol. The van der Waals surface area contributed by atoms with Crippen LogP contribution in [0.4, 0.5) is 5.69 Å². The van der Waals surface area contributed by atoms with Crippen molar-refractivity contribution >= 4 is 38.3 Å². The molecular formula is C21H21N5O6S. The minimum absolute atomic E-state index is 0.0110. The number of rotatable bonds is 6. The lowest BCUT2D eigenvalue weighted by Crippen LogP contribution is -2.47. The first-order valence-electron chi connectivity index (χ1n) is 10.2. The van der Waals surface area contributed by atoms with Gasteiger partial charge in [-0.25, -0.2) is 8.42 Å². The van der Waals surface area contributed by atoms with Gasteiger partial charge in [-0.05, 0) is 37.1 Å². The number of sulfonamides is 1. The van der Waals surface area contributed by atoms with E-state index in [1.807, 2.05) is 0 Å². The van der Waals surface area contributed by atoms with Crippen molar-refractivity contribution in [3.05, 3.63) is 69.2 Å². The van der Waals surface area contributed by atoms with Crippen LogP contribution >= 0.6 is 0 Å². The third kappa shape index (κ3) is 4.43. The summed E-state index contributed by atoms with van der Waals surface area (Å²) in [6.45, 7) is -0.235. The van der Waals surface area contributed by atoms with Crippen molar-refractivity contribution in [1.29, 1.82) is 0 Å². The Bertz CT molecular complexity index is 1430. The molecule has 4 N–H and O–H groups in total. The molecule has 1 saturated heterocycles. The lowest BCUT2D eigenvalue weighted by atomic mass is 10.1. The summed E-state index contributed by atoms with van der Waals surface area (Å²) < 4.78 is 27.0. The number of aromatic amines is 2. The van der Waals surface area contributed by atoms with Crippen molar-refractivity contribution in [2.24, 2.45) is 0 Å². The molecule has 4 rings (SSSR count). The summed E-state index contributed by atoms with van der Waals surface area (Å²) >= 11 is 0. The number of nitrogens with zero attached hydrogens (tertiary/aromatic N) is 1. The van der Waals surface area contributed by atoms with Crippen molar-refractivity contribution in [1.82, 2.24) is 19.8 Å². The molecule has 0 radical (unpaired) electrons. The molecule has 1 atom stereocenters. The van der Waals surface area contributed by atoms with Crippen LogP contribution in [0.15, 0.2) is 63.0 Å². The topological polar surface area (TPSA) is 161 Å². The summed E-state index contributed by atoms with van der Waals surface area (Å²) in [6, 6.07) is 11.3. The van der Waals surface area contributed by atoms with E-state index in [1.165, 1.54) is 30.3 Å². The summed E-state index contributed by atoms with van der Waals surface area (Å²) in [6.07, 6.45) is 0.852. The Hall–Kier alpha value is -3.77. The van der Waals surface area contributed by atoms with Crippen LogP contribution in [0.25, 0.3) is 10.8 Å². The summed E-state index contributed by atoms with van der Waals surface area (Å²) in [7, 11) is -3.85. The quantitative estimate of drug-likeness (QED) is 0.399. The maximum absolute atomic E-state index is 12.9. The number of benzene rings is 2. The number of carbonyl (C=O) groups is 2. The van der Waals surface area contributed by atoms with E-state index in [2.05, 4.69) is 20.8 Å². The van der Waals surface area contributed by atoms with Crippen LogP contribution in [-0.4, -0.2) is 53.9 Å². The van der Waals surface area contributed by atoms with Gasteiger partial charge in [0.05, 0.1) is 27.9 Å². The maximum Gasteiger partial charge on any atom is 0.272 e. The number of aromatic nitrogens is 2. The lowest BCUT2D eigenvalue weighted by molar-refractivity contribution is -0.126. The number of amides is 2. The van der Waals surface area contributed by atoms with Gasteiger partial charge >= 0.3 is 0 Å². The number of H-pyrrole nitrogens is 2. The van der Waals surface area contributed by atoms with E-state index >= 15 is 0 Å². The molecule has 12 heteroatoms. The van der Waals surface area contributed by atoms with Gasteiger partial charge in [-0.3, -0.25) is 29.4 Å². The molecule has 33 heavy (non-hydrogen) atoms. The maximum atomic E-state index is 12.9. The van der Waals surface area contributed by atoms with E-state index in [4.69, 9.17) is 0 Å². The molecule has 2 heterocycles. The van der Waals surface area contributed by atoms with Crippen LogP contribution in [0, 0.1) is 0 Å². The second-order valence-corrected chi connectivity index (χ2v) is 9.38. The molecule has 2 amide bonds. The molecule has 3 aromatic rings. The van der Waals surface area contributed by atoms with Gasteiger partial charge in [-0.2, -0.15) is 4.31 Å². The van der Waals surface area contributed by atoms with E-state index in [9.17, 15) is 27.6 Å². The number of anilines is 1. The van der Waals surface area contributed by atoms with Gasteiger partial charge in [0.25, 0.3) is 11.1 Å². The normalized spacial score (nSPS) is 16.5. The summed E-state index contributed by atoms with van der Waals surface area (Å²) in [5.41, 5.74) is -0.986. The van der Waals surface area contributed by atoms with Gasteiger partial charge in [0.15, 0.2) is 0 Å². The third-order valence-electron chi connectivity index (χ3n) is 5.38. The minimum atomic E-state index is -3.85. The molecule has 1 aliphatic heterocycles. The van der Waals surface area contributed by atoms with Gasteiger partial charge in [0, 0.05) is 6.54 Å². The van der Waals surface area contributed by atoms with Crippen molar-refractivity contribution in [2.75, 3.05) is 18.4 Å². The van der Waals surface area contributed by atoms with Gasteiger partial charge in [-0.1, -0.05) is 24.3 Å². The van der Waals surface area contributed by atoms with Crippen LogP contribution in [0.2, 0.25) is 0 Å². The second-order valence-electron chi connectivity index (χ2n) is 7.49. The summed E-state index contributed by atoms with van der Waals surface area (Å²) in [5, 5.41) is 9.49. The minimum Gasteiger partial charge on any atom is -0.346 e. The fourth-order valence-corrected chi connectivity index (χ4v) is 5.51. The Labute approximate surface area is 187 Å². The van der Waals surface area contributed by atoms with E-state index < -0.39 is 45.5 Å². The number of carbonyl (C=O) groups excluding carboxylic acids is 2. The van der Waals surface area contributed by atoms with Crippen molar-refractivity contribution in [3.63, 3.8) is 0 Å². The molecule has 0 spiro atoms. The Balaban J connectivity index is 1.45. The first kappa shape index (κ1) is 22.4. The first-order chi connectivity index (χ1) is 15.8. The molecule has 11 nitrogen and oxygen atoms in total. The molecule has 1 fully saturated rings. The van der Waals surface area contributed by atoms with Crippen LogP contribution in [-0.2, 0) is 19.6 Å². The monoisotopic (exact) mass is 471 g/mol. The molecule has 0 saturated carbocycles. The number of fused-ring (bicyclic) bond motifs is 1. The highest BCUT2D eigenvalue weighted by Crippen LogP contribution is 2.26. The van der Waals surface area contributed by atoms with Crippen LogP contribution in [0.5, 0.6) is 0 Å². The zero-order valence-corrected chi connectivity index (χ0v) is 18.1. The molecule has 2 aromatic carbocycles. The van der Waals surface area contributed by atoms with E-state index in [0.29, 0.717) is 12.8 Å². The van der Waals surface area contributed by atoms with Gasteiger partial charge in [0.1, 0.15) is 6.04 Å². The van der Waals surface area contributed by atoms with Gasteiger partial charge in [0.2, 0.25) is 21.8 Å². The molecule has 0 bridgehead atoms. The van der Waals surface area contributed by atoms with Crippen LogP contribution < -0.4 is 21.8 Å². The lowest BCUT2D eigenvalue weighted by Gasteiger charge is -2.23. The largest absolute Gasteiger partial charge is 0.346 e. The molecule has 1 aromatic heterocycles. The summed E-state index contributed by atoms with van der Waals surface area (Å²) in [4.78, 5) is 49.2. The van der Waals surface area contributed by atoms with Crippen molar-refractivity contribution in [2.45, 2.75) is 23.8 Å². The van der Waals surface area contributed by atoms with Crippen LogP contribution in [0.3, 0.4) is 0 Å². The van der Waals surface area contributed by atoms with Crippen LogP contribution in [0.1, 0.15) is 12.8 Å². The Morgan fingerprint density at radius 3 is 2.48 bits per heavy atom. The SMILES string of the molecule is O=C(CNC(=O)C1CCCN1S(=O)(=O)c1ccccc1)Nc1cccc2c(=O)[nH][nH]c(=O)c12.